The van der Waals surface area contributed by atoms with Crippen molar-refractivity contribution >= 4 is 168 Å². The van der Waals surface area contributed by atoms with Crippen molar-refractivity contribution in [2.24, 2.45) is 0 Å². The Hall–Kier alpha value is 3.30. The molecule has 6 atom stereocenters. The van der Waals surface area contributed by atoms with Crippen LogP contribution in [0.2, 0.25) is 337 Å². The van der Waals surface area contributed by atoms with E-state index in [1.165, 1.54) is 0 Å². The summed E-state index contributed by atoms with van der Waals surface area (Å²) in [5, 5.41) is 60.1. The van der Waals surface area contributed by atoms with E-state index in [0.717, 1.165) is 101 Å². The van der Waals surface area contributed by atoms with E-state index in [4.69, 9.17) is 86.0 Å². The number of aliphatic hydroxyl groups is 6. The minimum absolute atomic E-state index is 0.170. The molecule has 0 bridgehead atoms. The van der Waals surface area contributed by atoms with Gasteiger partial charge in [0.1, 0.15) is 36.6 Å². The van der Waals surface area contributed by atoms with Crippen molar-refractivity contribution in [3.8, 4) is 0 Å². The topological polar surface area (TPSA) is 306 Å². The maximum absolute atomic E-state index is 10.2. The molecule has 26 nitrogen and oxygen atoms in total. The van der Waals surface area contributed by atoms with E-state index < -0.39 is 205 Å². The Morgan fingerprint density at radius 1 is 0.138 bits per heavy atom. The van der Waals surface area contributed by atoms with Gasteiger partial charge in [-0.3, -0.25) is 0 Å². The van der Waals surface area contributed by atoms with Crippen LogP contribution in [0.3, 0.4) is 0 Å². The zero-order chi connectivity index (χ0) is 102. The van der Waals surface area contributed by atoms with E-state index in [1.807, 2.05) is 0 Å². The first kappa shape index (κ1) is 137. The van der Waals surface area contributed by atoms with Gasteiger partial charge in [-0.1, -0.05) is 51.4 Å². The van der Waals surface area contributed by atoms with Crippen molar-refractivity contribution in [1.29, 1.82) is 0 Å². The predicted octanol–water partition coefficient (Wildman–Crippen LogP) is 22.8. The Labute approximate surface area is 821 Å². The molecule has 130 heavy (non-hydrogen) atoms. The number of hydrogen-bond donors (Lipinski definition) is 6. The maximum atomic E-state index is 10.2. The van der Waals surface area contributed by atoms with E-state index in [0.29, 0.717) is 64.6 Å². The first-order chi connectivity index (χ1) is 58.2. The van der Waals surface area contributed by atoms with Crippen molar-refractivity contribution < 1.29 is 117 Å². The summed E-state index contributed by atoms with van der Waals surface area (Å²) < 4.78 is 130. The summed E-state index contributed by atoms with van der Waals surface area (Å²) in [5.74, 6) is 0. The second-order valence-corrected chi connectivity index (χ2v) is 135. The van der Waals surface area contributed by atoms with Crippen LogP contribution in [0.25, 0.3) is 0 Å². The normalized spacial score (nSPS) is 15.9. The van der Waals surface area contributed by atoms with E-state index in [-0.39, 0.29) is 39.6 Å². The average molecular weight is 2200 g/mol. The van der Waals surface area contributed by atoms with E-state index in [2.05, 4.69) is 301 Å². The fourth-order valence-electron chi connectivity index (χ4n) is 15.5. The van der Waals surface area contributed by atoms with E-state index in [9.17, 15) is 30.6 Å². The highest BCUT2D eigenvalue weighted by Gasteiger charge is 2.53. The van der Waals surface area contributed by atoms with Gasteiger partial charge in [-0.05, 0) is 364 Å². The second kappa shape index (κ2) is 61.0. The molecule has 0 unspecified atom stereocenters. The number of aliphatic hydroxyl groups excluding tert-OH is 6. The van der Waals surface area contributed by atoms with Crippen LogP contribution in [0.1, 0.15) is 89.9 Å². The van der Waals surface area contributed by atoms with Crippen LogP contribution in [-0.4, -0.2) is 315 Å². The second-order valence-electron chi connectivity index (χ2n) is 49.9. The highest BCUT2D eigenvalue weighted by Crippen LogP contribution is 2.36. The average Bonchev–Trinajstić information content (AvgIpc) is 0.785. The first-order valence-corrected chi connectivity index (χ1v) is 111. The van der Waals surface area contributed by atoms with E-state index in [1.54, 1.807) is 0 Å². The SMILES string of the molecule is C[Si](C)(C)O[Si](C)(CCCCCO[C@H](CO)[C@@H](CO)OCCCCC[Si](C)(O[Si](C)(C)C)O[Si](C)(C)C)O[Si](C)(C)C.C[Si](C)(C)O[Si](C)(CCCCCO[C@H](CO)[C@@H](CO)OCCCCC[Si](C)(O[Si](C)(C)C)O[Si](C)(C)C)O[Si](C)(C)C.C[Si](C)(C)O[Si](CCCO[C@H](CO)[C@@H](CO)OCCC[Si](O[Si](C)(C)C)(O[Si](C)(C)C)O[Si](C)(C)C)(O[Si](C)(C)C)O[Si](C)(C)C. The third-order valence-corrected chi connectivity index (χ3v) is 80.2. The van der Waals surface area contributed by atoms with Crippen LogP contribution in [0.5, 0.6) is 0 Å². The van der Waals surface area contributed by atoms with Gasteiger partial charge in [0.05, 0.1) is 39.6 Å². The lowest BCUT2D eigenvalue weighted by atomic mass is 10.2. The Balaban J connectivity index is -0.00000186. The molecule has 0 aromatic rings. The summed E-state index contributed by atoms with van der Waals surface area (Å²) in [4.78, 5) is 0. The summed E-state index contributed by atoms with van der Waals surface area (Å²) in [7, 11) is -40.1. The molecule has 0 amide bonds. The first-order valence-electron chi connectivity index (χ1n) is 49.3. The molecule has 0 aromatic carbocycles. The fraction of sp³-hybridized carbons (Fsp3) is 1.00. The smallest absolute Gasteiger partial charge is 0.437 e. The zero-order valence-electron chi connectivity index (χ0n) is 92.9. The van der Waals surface area contributed by atoms with Gasteiger partial charge < -0.3 is 117 Å². The molecule has 0 saturated heterocycles. The lowest BCUT2D eigenvalue weighted by Crippen LogP contribution is -2.60. The minimum atomic E-state index is -2.98. The lowest BCUT2D eigenvalue weighted by Gasteiger charge is -2.43. The van der Waals surface area contributed by atoms with Crippen LogP contribution in [-0.2, 0) is 86.0 Å². The molecule has 0 aliphatic rings. The third kappa shape index (κ3) is 79.6. The van der Waals surface area contributed by atoms with Gasteiger partial charge in [0.25, 0.3) is 0 Å². The molecule has 0 spiro atoms. The molecule has 0 saturated carbocycles. The van der Waals surface area contributed by atoms with Gasteiger partial charge in [-0.2, -0.15) is 0 Å². The van der Waals surface area contributed by atoms with Gasteiger partial charge in [0, 0.05) is 51.7 Å². The number of rotatable bonds is 75. The molecule has 786 valence electrons. The summed E-state index contributed by atoms with van der Waals surface area (Å²) in [5.41, 5.74) is 0. The van der Waals surface area contributed by atoms with Gasteiger partial charge in [0.2, 0.25) is 0 Å². The van der Waals surface area contributed by atoms with Crippen LogP contribution in [0.4, 0.5) is 0 Å². The quantitative estimate of drug-likeness (QED) is 0.0243. The molecule has 0 aliphatic heterocycles. The summed E-state index contributed by atoms with van der Waals surface area (Å²) in [6.07, 6.45) is 9.68. The van der Waals surface area contributed by atoms with Crippen molar-refractivity contribution in [3.05, 3.63) is 0 Å². The Bertz CT molecular complexity index is 2440. The molecule has 0 heterocycles. The highest BCUT2D eigenvalue weighted by molar-refractivity contribution is 6.93. The van der Waals surface area contributed by atoms with Gasteiger partial charge in [-0.15, -0.1) is 0 Å². The van der Waals surface area contributed by atoms with Crippen molar-refractivity contribution in [1.82, 2.24) is 0 Å². The number of hydrogen-bond acceptors (Lipinski definition) is 26. The Morgan fingerprint density at radius 2 is 0.254 bits per heavy atom. The number of ether oxygens (including phenoxy) is 6. The zero-order valence-corrected chi connectivity index (χ0v) is 113. The van der Waals surface area contributed by atoms with Gasteiger partial charge >= 0.3 is 51.9 Å². The molecule has 46 heteroatoms. The highest BCUT2D eigenvalue weighted by atomic mass is 28.5. The fourth-order valence-corrected chi connectivity index (χ4v) is 95.2. The Kier molecular flexibility index (Phi) is 64.5. The maximum Gasteiger partial charge on any atom is 0.469 e. The summed E-state index contributed by atoms with van der Waals surface area (Å²) >= 11 is 0. The summed E-state index contributed by atoms with van der Waals surface area (Å²) in [6.45, 7) is 103. The molecule has 0 radical (unpaired) electrons. The van der Waals surface area contributed by atoms with Crippen molar-refractivity contribution in [3.63, 3.8) is 0 Å². The van der Waals surface area contributed by atoms with Crippen LogP contribution < -0.4 is 0 Å². The van der Waals surface area contributed by atoms with Crippen LogP contribution >= 0.6 is 0 Å². The van der Waals surface area contributed by atoms with Crippen molar-refractivity contribution in [2.75, 3.05) is 79.3 Å². The Morgan fingerprint density at radius 3 is 0.362 bits per heavy atom. The molecule has 0 aromatic heterocycles. The largest absolute Gasteiger partial charge is 0.469 e. The van der Waals surface area contributed by atoms with Gasteiger partial charge in [0.15, 0.2) is 116 Å². The molecular formula is C84H214O26Si20. The number of unbranched alkanes of at least 4 members (excludes halogenated alkanes) is 8. The predicted molar refractivity (Wildman–Crippen MR) is 594 cm³/mol. The molecular weight excluding hydrogens is 1990 g/mol. The molecule has 0 rings (SSSR count). The van der Waals surface area contributed by atoms with Gasteiger partial charge in [-0.25, -0.2) is 0 Å². The molecule has 6 N–H and O–H groups in total. The minimum Gasteiger partial charge on any atom is -0.437 e. The van der Waals surface area contributed by atoms with Crippen LogP contribution in [0, 0.1) is 0 Å². The summed E-state index contributed by atoms with van der Waals surface area (Å²) in [6, 6.07) is 5.25. The van der Waals surface area contributed by atoms with E-state index >= 15 is 0 Å². The molecule has 0 aliphatic carbocycles. The third-order valence-electron chi connectivity index (χ3n) is 17.6. The molecule has 0 fully saturated rings. The monoisotopic (exact) mass is 2200 g/mol. The van der Waals surface area contributed by atoms with Crippen LogP contribution in [0.15, 0.2) is 0 Å². The lowest BCUT2D eigenvalue weighted by molar-refractivity contribution is -0.110. The standard InChI is InChI=1S/C28H74O10Si8.2C28H70O8Si6/c1-39(2,3)33-45(34-40(4,5)6,35-41(7,8)9)23-19-21-31-27(25-29)28(26-30)32-22-20-24-46(36-42(10,11)12,37-43(13,14)15)38-44(16,17)18;2*1-37(2,3)33-41(13,34-38(4,5)6)23-19-15-17-21-31-27(25-29)28(26-30)32-22-18-16-20-24-42(14,35-39(7,8)9)36-40(10,11)12/h27-30H,19-26H2,1-18H3;2*27-30H,15-26H2,1-14H3/t3*27-,28-/m111/s1. The van der Waals surface area contributed by atoms with Crippen molar-refractivity contribution in [2.45, 2.75) is 464 Å².